The van der Waals surface area contributed by atoms with Crippen LogP contribution in [0.4, 0.5) is 4.79 Å². The van der Waals surface area contributed by atoms with Crippen molar-refractivity contribution in [1.29, 1.82) is 0 Å². The standard InChI is InChI=1S/C19H24N4O5/c1-19(12-6-8-13(28-2)9-7-12)17(26)23(18(27)22-19)11-15(24)21-14-5-3-4-10-20-16(14)25/h6-9,14H,3-5,10-11H2,1-2H3,(H,20,25)(H,21,24)(H,22,27). The Balaban J connectivity index is 1.68. The number of carbonyl (C=O) groups is 4. The molecule has 2 heterocycles. The second kappa shape index (κ2) is 7.87. The number of ether oxygens (including phenoxy) is 1. The van der Waals surface area contributed by atoms with E-state index in [4.69, 9.17) is 4.74 Å². The third kappa shape index (κ3) is 3.78. The van der Waals surface area contributed by atoms with Crippen LogP contribution >= 0.6 is 0 Å². The molecule has 2 aliphatic heterocycles. The summed E-state index contributed by atoms with van der Waals surface area (Å²) < 4.78 is 5.11. The number of methoxy groups -OCH3 is 1. The van der Waals surface area contributed by atoms with Crippen LogP contribution in [0.1, 0.15) is 31.7 Å². The minimum absolute atomic E-state index is 0.244. The molecular weight excluding hydrogens is 364 g/mol. The number of urea groups is 1. The van der Waals surface area contributed by atoms with E-state index >= 15 is 0 Å². The van der Waals surface area contributed by atoms with E-state index in [0.717, 1.165) is 17.7 Å². The molecule has 28 heavy (non-hydrogen) atoms. The van der Waals surface area contributed by atoms with Crippen molar-refractivity contribution in [2.45, 2.75) is 37.8 Å². The molecule has 1 aromatic carbocycles. The summed E-state index contributed by atoms with van der Waals surface area (Å²) in [7, 11) is 1.54. The number of rotatable bonds is 5. The SMILES string of the molecule is COc1ccc(C2(C)NC(=O)N(CC(=O)NC3CCCCNC3=O)C2=O)cc1. The fraction of sp³-hybridized carbons (Fsp3) is 0.474. The zero-order chi connectivity index (χ0) is 20.3. The van der Waals surface area contributed by atoms with Gasteiger partial charge in [-0.15, -0.1) is 0 Å². The summed E-state index contributed by atoms with van der Waals surface area (Å²) in [5.41, 5.74) is -0.693. The maximum atomic E-state index is 12.9. The molecule has 2 unspecified atom stereocenters. The van der Waals surface area contributed by atoms with Gasteiger partial charge < -0.3 is 20.7 Å². The summed E-state index contributed by atoms with van der Waals surface area (Å²) in [5, 5.41) is 8.00. The average Bonchev–Trinajstić information content (AvgIpc) is 2.81. The van der Waals surface area contributed by atoms with Gasteiger partial charge >= 0.3 is 6.03 Å². The van der Waals surface area contributed by atoms with Crippen LogP contribution in [0.15, 0.2) is 24.3 Å². The lowest BCUT2D eigenvalue weighted by atomic mass is 9.92. The number of benzene rings is 1. The molecule has 9 nitrogen and oxygen atoms in total. The molecule has 0 radical (unpaired) electrons. The summed E-state index contributed by atoms with van der Waals surface area (Å²) in [6.07, 6.45) is 2.19. The monoisotopic (exact) mass is 388 g/mol. The first kappa shape index (κ1) is 19.7. The van der Waals surface area contributed by atoms with Gasteiger partial charge in [0, 0.05) is 6.54 Å². The van der Waals surface area contributed by atoms with Gasteiger partial charge in [-0.1, -0.05) is 12.1 Å². The maximum Gasteiger partial charge on any atom is 0.325 e. The van der Waals surface area contributed by atoms with E-state index in [1.165, 1.54) is 7.11 Å². The molecule has 150 valence electrons. The van der Waals surface area contributed by atoms with E-state index in [1.807, 2.05) is 0 Å². The molecule has 3 rings (SSSR count). The third-order valence-corrected chi connectivity index (χ3v) is 5.11. The van der Waals surface area contributed by atoms with Gasteiger partial charge in [0.2, 0.25) is 11.8 Å². The molecule has 3 N–H and O–H groups in total. The Hall–Kier alpha value is -3.10. The van der Waals surface area contributed by atoms with Crippen LogP contribution < -0.4 is 20.7 Å². The molecule has 0 aliphatic carbocycles. The van der Waals surface area contributed by atoms with Crippen molar-refractivity contribution >= 4 is 23.8 Å². The fourth-order valence-corrected chi connectivity index (χ4v) is 3.42. The largest absolute Gasteiger partial charge is 0.497 e. The van der Waals surface area contributed by atoms with Crippen molar-refractivity contribution in [1.82, 2.24) is 20.9 Å². The summed E-state index contributed by atoms with van der Waals surface area (Å²) in [6, 6.07) is 5.47. The van der Waals surface area contributed by atoms with Crippen LogP contribution in [-0.4, -0.2) is 54.9 Å². The van der Waals surface area contributed by atoms with Crippen molar-refractivity contribution in [3.63, 3.8) is 0 Å². The molecule has 0 spiro atoms. The minimum atomic E-state index is -1.27. The lowest BCUT2D eigenvalue weighted by molar-refractivity contribution is -0.135. The quantitative estimate of drug-likeness (QED) is 0.625. The van der Waals surface area contributed by atoms with Gasteiger partial charge in [-0.3, -0.25) is 19.3 Å². The summed E-state index contributed by atoms with van der Waals surface area (Å²) in [4.78, 5) is 50.4. The van der Waals surface area contributed by atoms with E-state index in [9.17, 15) is 19.2 Å². The third-order valence-electron chi connectivity index (χ3n) is 5.11. The maximum absolute atomic E-state index is 12.9. The van der Waals surface area contributed by atoms with Gasteiger partial charge in [0.05, 0.1) is 7.11 Å². The summed E-state index contributed by atoms with van der Waals surface area (Å²) in [6.45, 7) is 1.73. The number of imide groups is 1. The highest BCUT2D eigenvalue weighted by molar-refractivity contribution is 6.09. The Kier molecular flexibility index (Phi) is 5.53. The molecule has 5 amide bonds. The van der Waals surface area contributed by atoms with Gasteiger partial charge in [-0.25, -0.2) is 4.79 Å². The second-order valence-corrected chi connectivity index (χ2v) is 7.08. The molecule has 0 bridgehead atoms. The lowest BCUT2D eigenvalue weighted by Gasteiger charge is -2.22. The topological polar surface area (TPSA) is 117 Å². The molecule has 0 aromatic heterocycles. The molecule has 2 fully saturated rings. The molecule has 2 atom stereocenters. The Morgan fingerprint density at radius 1 is 1.25 bits per heavy atom. The van der Waals surface area contributed by atoms with Gasteiger partial charge in [0.15, 0.2) is 0 Å². The van der Waals surface area contributed by atoms with Crippen molar-refractivity contribution in [2.24, 2.45) is 0 Å². The van der Waals surface area contributed by atoms with Gasteiger partial charge in [0.1, 0.15) is 23.9 Å². The average molecular weight is 388 g/mol. The predicted octanol–water partition coefficient (Wildman–Crippen LogP) is 0.247. The first-order valence-electron chi connectivity index (χ1n) is 9.21. The van der Waals surface area contributed by atoms with Crippen LogP contribution in [0.2, 0.25) is 0 Å². The van der Waals surface area contributed by atoms with E-state index in [0.29, 0.717) is 24.3 Å². The molecule has 0 saturated carbocycles. The van der Waals surface area contributed by atoms with Crippen LogP contribution in [-0.2, 0) is 19.9 Å². The van der Waals surface area contributed by atoms with Gasteiger partial charge in [-0.2, -0.15) is 0 Å². The molecule has 2 saturated heterocycles. The smallest absolute Gasteiger partial charge is 0.325 e. The lowest BCUT2D eigenvalue weighted by Crippen LogP contribution is -2.49. The number of nitrogens with one attached hydrogen (secondary N) is 3. The zero-order valence-corrected chi connectivity index (χ0v) is 15.9. The highest BCUT2D eigenvalue weighted by Crippen LogP contribution is 2.29. The normalized spacial score (nSPS) is 25.0. The summed E-state index contributed by atoms with van der Waals surface area (Å²) >= 11 is 0. The first-order valence-corrected chi connectivity index (χ1v) is 9.21. The van der Waals surface area contributed by atoms with Crippen molar-refractivity contribution < 1.29 is 23.9 Å². The highest BCUT2D eigenvalue weighted by atomic mass is 16.5. The highest BCUT2D eigenvalue weighted by Gasteiger charge is 2.49. The number of hydrogen-bond acceptors (Lipinski definition) is 5. The van der Waals surface area contributed by atoms with E-state index < -0.39 is 36.0 Å². The van der Waals surface area contributed by atoms with Gasteiger partial charge in [0.25, 0.3) is 5.91 Å². The Morgan fingerprint density at radius 3 is 2.64 bits per heavy atom. The van der Waals surface area contributed by atoms with E-state index in [-0.39, 0.29) is 5.91 Å². The number of hydrogen-bond donors (Lipinski definition) is 3. The minimum Gasteiger partial charge on any atom is -0.497 e. The number of carbonyl (C=O) groups excluding carboxylic acids is 4. The fourth-order valence-electron chi connectivity index (χ4n) is 3.42. The molecular formula is C19H24N4O5. The Morgan fingerprint density at radius 2 is 1.96 bits per heavy atom. The van der Waals surface area contributed by atoms with Gasteiger partial charge in [-0.05, 0) is 43.9 Å². The van der Waals surface area contributed by atoms with E-state index in [2.05, 4.69) is 16.0 Å². The molecule has 1 aromatic rings. The van der Waals surface area contributed by atoms with Crippen LogP contribution in [0.3, 0.4) is 0 Å². The van der Waals surface area contributed by atoms with Crippen molar-refractivity contribution in [3.8, 4) is 5.75 Å². The predicted molar refractivity (Wildman–Crippen MR) is 99.4 cm³/mol. The van der Waals surface area contributed by atoms with E-state index in [1.54, 1.807) is 31.2 Å². The number of amides is 5. The zero-order valence-electron chi connectivity index (χ0n) is 15.9. The van der Waals surface area contributed by atoms with Crippen molar-refractivity contribution in [2.75, 3.05) is 20.2 Å². The molecule has 9 heteroatoms. The van der Waals surface area contributed by atoms with Crippen LogP contribution in [0, 0.1) is 0 Å². The molecule has 2 aliphatic rings. The number of nitrogens with zero attached hydrogens (tertiary/aromatic N) is 1. The first-order chi connectivity index (χ1) is 13.3. The Bertz CT molecular complexity index is 794. The second-order valence-electron chi connectivity index (χ2n) is 7.08. The summed E-state index contributed by atoms with van der Waals surface area (Å²) in [5.74, 6) is -0.694. The van der Waals surface area contributed by atoms with Crippen LogP contribution in [0.25, 0.3) is 0 Å². The van der Waals surface area contributed by atoms with Crippen LogP contribution in [0.5, 0.6) is 5.75 Å². The van der Waals surface area contributed by atoms with Crippen molar-refractivity contribution in [3.05, 3.63) is 29.8 Å². The Labute approximate surface area is 162 Å².